The van der Waals surface area contributed by atoms with E-state index in [-0.39, 0.29) is 23.6 Å². The van der Waals surface area contributed by atoms with Gasteiger partial charge in [-0.15, -0.1) is 0 Å². The zero-order valence-corrected chi connectivity index (χ0v) is 16.4. The fourth-order valence-corrected chi connectivity index (χ4v) is 3.52. The summed E-state index contributed by atoms with van der Waals surface area (Å²) in [5, 5.41) is 3.35. The van der Waals surface area contributed by atoms with Crippen LogP contribution in [-0.2, 0) is 6.42 Å². The lowest BCUT2D eigenvalue weighted by Crippen LogP contribution is -2.22. The third-order valence-electron chi connectivity index (χ3n) is 4.96. The average Bonchev–Trinajstić information content (AvgIpc) is 2.74. The topological polar surface area (TPSA) is 81.2 Å². The summed E-state index contributed by atoms with van der Waals surface area (Å²) in [6.45, 7) is 0. The van der Waals surface area contributed by atoms with Gasteiger partial charge in [-0.2, -0.15) is 0 Å². The van der Waals surface area contributed by atoms with Crippen molar-refractivity contribution in [1.82, 2.24) is 9.97 Å². The van der Waals surface area contributed by atoms with Crippen molar-refractivity contribution in [3.63, 3.8) is 0 Å². The number of halogens is 1. The number of ketones is 1. The number of fused-ring (bicyclic) bond motifs is 1. The fraction of sp³-hybridized carbons (Fsp3) is 0.182. The van der Waals surface area contributed by atoms with Gasteiger partial charge in [0.2, 0.25) is 5.95 Å². The molecular formula is C22H18ClN3O3. The summed E-state index contributed by atoms with van der Waals surface area (Å²) in [6.07, 6.45) is 2.48. The maximum atomic E-state index is 12.5. The minimum atomic E-state index is -0.330. The molecule has 1 N–H and O–H groups in total. The van der Waals surface area contributed by atoms with E-state index < -0.39 is 0 Å². The molecule has 1 aliphatic rings. The Morgan fingerprint density at radius 2 is 1.83 bits per heavy atom. The first-order valence-corrected chi connectivity index (χ1v) is 9.51. The molecule has 0 saturated carbocycles. The van der Waals surface area contributed by atoms with Crippen LogP contribution in [0.25, 0.3) is 0 Å². The number of hydrogen-bond acceptors (Lipinski definition) is 5. The van der Waals surface area contributed by atoms with E-state index in [1.165, 1.54) is 6.20 Å². The second kappa shape index (κ2) is 8.01. The van der Waals surface area contributed by atoms with Crippen molar-refractivity contribution in [3.05, 3.63) is 82.1 Å². The molecule has 6 nitrogen and oxygen atoms in total. The van der Waals surface area contributed by atoms with Crippen molar-refractivity contribution in [2.24, 2.45) is 0 Å². The Balaban J connectivity index is 1.54. The Morgan fingerprint density at radius 1 is 1.10 bits per heavy atom. The normalized spacial score (nSPS) is 15.5. The molecule has 0 bridgehead atoms. The standard InChI is InChI=1S/C22H18ClN3O3/c1-29-17-8-4-14(5-9-17)21(28)26-22-24-12-18-19(25-22)10-15(11-20(18)27)13-2-6-16(23)7-3-13/h2-9,12,15H,10-11H2,1H3,(H,24,25,26,28). The van der Waals surface area contributed by atoms with Crippen molar-refractivity contribution in [2.45, 2.75) is 18.8 Å². The largest absolute Gasteiger partial charge is 0.497 e. The Morgan fingerprint density at radius 3 is 2.52 bits per heavy atom. The van der Waals surface area contributed by atoms with Gasteiger partial charge in [-0.25, -0.2) is 9.97 Å². The van der Waals surface area contributed by atoms with Crippen molar-refractivity contribution in [3.8, 4) is 5.75 Å². The summed E-state index contributed by atoms with van der Waals surface area (Å²) in [7, 11) is 1.56. The van der Waals surface area contributed by atoms with Crippen LogP contribution >= 0.6 is 11.6 Å². The Bertz CT molecular complexity index is 1070. The summed E-state index contributed by atoms with van der Waals surface area (Å²) in [4.78, 5) is 33.6. The monoisotopic (exact) mass is 407 g/mol. The minimum Gasteiger partial charge on any atom is -0.497 e. The number of aromatic nitrogens is 2. The number of carbonyl (C=O) groups excluding carboxylic acids is 2. The lowest BCUT2D eigenvalue weighted by Gasteiger charge is -2.23. The van der Waals surface area contributed by atoms with Gasteiger partial charge in [0.1, 0.15) is 5.75 Å². The van der Waals surface area contributed by atoms with E-state index in [1.807, 2.05) is 24.3 Å². The number of amides is 1. The zero-order valence-electron chi connectivity index (χ0n) is 15.7. The molecule has 1 aliphatic carbocycles. The van der Waals surface area contributed by atoms with Gasteiger partial charge in [0, 0.05) is 23.2 Å². The second-order valence-electron chi connectivity index (χ2n) is 6.82. The molecule has 4 rings (SSSR count). The minimum absolute atomic E-state index is 0.000712. The van der Waals surface area contributed by atoms with E-state index in [4.69, 9.17) is 16.3 Å². The molecule has 1 amide bonds. The van der Waals surface area contributed by atoms with Crippen molar-refractivity contribution >= 4 is 29.2 Å². The number of hydrogen-bond donors (Lipinski definition) is 1. The molecule has 1 heterocycles. The van der Waals surface area contributed by atoms with Crippen molar-refractivity contribution in [1.29, 1.82) is 0 Å². The first-order valence-electron chi connectivity index (χ1n) is 9.13. The quantitative estimate of drug-likeness (QED) is 0.697. The molecular weight excluding hydrogens is 390 g/mol. The molecule has 0 aliphatic heterocycles. The van der Waals surface area contributed by atoms with Gasteiger partial charge in [0.05, 0.1) is 18.4 Å². The Labute approximate surface area is 172 Å². The van der Waals surface area contributed by atoms with Crippen LogP contribution in [0.15, 0.2) is 54.7 Å². The van der Waals surface area contributed by atoms with E-state index in [2.05, 4.69) is 15.3 Å². The zero-order chi connectivity index (χ0) is 20.4. The number of rotatable bonds is 4. The van der Waals surface area contributed by atoms with Crippen LogP contribution in [-0.4, -0.2) is 28.8 Å². The van der Waals surface area contributed by atoms with Gasteiger partial charge in [0.15, 0.2) is 5.78 Å². The Kier molecular flexibility index (Phi) is 5.27. The van der Waals surface area contributed by atoms with Crippen LogP contribution < -0.4 is 10.1 Å². The molecule has 0 radical (unpaired) electrons. The highest BCUT2D eigenvalue weighted by Gasteiger charge is 2.28. The number of Topliss-reactive ketones (excluding diaryl/α,β-unsaturated/α-hetero) is 1. The molecule has 1 aromatic heterocycles. The SMILES string of the molecule is COc1ccc(C(=O)Nc2ncc3c(n2)CC(c2ccc(Cl)cc2)CC3=O)cc1. The van der Waals surface area contributed by atoms with E-state index in [9.17, 15) is 9.59 Å². The second-order valence-corrected chi connectivity index (χ2v) is 7.25. The molecule has 3 aromatic rings. The first kappa shape index (κ1) is 19.1. The molecule has 0 spiro atoms. The third-order valence-corrected chi connectivity index (χ3v) is 5.21. The lowest BCUT2D eigenvalue weighted by molar-refractivity contribution is 0.0962. The van der Waals surface area contributed by atoms with Crippen LogP contribution in [0, 0.1) is 0 Å². The summed E-state index contributed by atoms with van der Waals surface area (Å²) < 4.78 is 5.10. The molecule has 1 unspecified atom stereocenters. The maximum absolute atomic E-state index is 12.5. The van der Waals surface area contributed by atoms with Gasteiger partial charge in [-0.05, 0) is 54.3 Å². The van der Waals surface area contributed by atoms with Gasteiger partial charge in [0.25, 0.3) is 5.91 Å². The predicted molar refractivity (Wildman–Crippen MR) is 110 cm³/mol. The third kappa shape index (κ3) is 4.12. The maximum Gasteiger partial charge on any atom is 0.258 e. The van der Waals surface area contributed by atoms with Crippen LogP contribution in [0.1, 0.15) is 44.3 Å². The first-order chi connectivity index (χ1) is 14.0. The molecule has 7 heteroatoms. The van der Waals surface area contributed by atoms with Gasteiger partial charge < -0.3 is 4.74 Å². The number of methoxy groups -OCH3 is 1. The summed E-state index contributed by atoms with van der Waals surface area (Å²) in [5.41, 5.74) is 2.65. The van der Waals surface area contributed by atoms with E-state index in [0.717, 1.165) is 5.56 Å². The average molecular weight is 408 g/mol. The van der Waals surface area contributed by atoms with Crippen molar-refractivity contribution < 1.29 is 14.3 Å². The highest BCUT2D eigenvalue weighted by Crippen LogP contribution is 2.32. The summed E-state index contributed by atoms with van der Waals surface area (Å²) in [6, 6.07) is 14.2. The highest BCUT2D eigenvalue weighted by atomic mass is 35.5. The van der Waals surface area contributed by atoms with Crippen LogP contribution in [0.5, 0.6) is 5.75 Å². The van der Waals surface area contributed by atoms with Crippen molar-refractivity contribution in [2.75, 3.05) is 12.4 Å². The van der Waals surface area contributed by atoms with Crippen LogP contribution in [0.3, 0.4) is 0 Å². The number of ether oxygens (including phenoxy) is 1. The summed E-state index contributed by atoms with van der Waals surface area (Å²) in [5.74, 6) is 0.531. The number of nitrogens with one attached hydrogen (secondary N) is 1. The van der Waals surface area contributed by atoms with Crippen LogP contribution in [0.4, 0.5) is 5.95 Å². The summed E-state index contributed by atoms with van der Waals surface area (Å²) >= 11 is 5.96. The number of benzene rings is 2. The van der Waals surface area contributed by atoms with Gasteiger partial charge in [-0.3, -0.25) is 14.9 Å². The lowest BCUT2D eigenvalue weighted by atomic mass is 9.82. The molecule has 29 heavy (non-hydrogen) atoms. The number of anilines is 1. The predicted octanol–water partition coefficient (Wildman–Crippen LogP) is 4.30. The molecule has 0 saturated heterocycles. The van der Waals surface area contributed by atoms with E-state index in [0.29, 0.717) is 40.4 Å². The van der Waals surface area contributed by atoms with Gasteiger partial charge >= 0.3 is 0 Å². The van der Waals surface area contributed by atoms with Gasteiger partial charge in [-0.1, -0.05) is 23.7 Å². The fourth-order valence-electron chi connectivity index (χ4n) is 3.39. The van der Waals surface area contributed by atoms with E-state index in [1.54, 1.807) is 31.4 Å². The molecule has 0 fully saturated rings. The Hall–Kier alpha value is -3.25. The smallest absolute Gasteiger partial charge is 0.258 e. The molecule has 1 atom stereocenters. The molecule has 146 valence electrons. The number of nitrogens with zero attached hydrogens (tertiary/aromatic N) is 2. The van der Waals surface area contributed by atoms with E-state index >= 15 is 0 Å². The van der Waals surface area contributed by atoms with Crippen LogP contribution in [0.2, 0.25) is 5.02 Å². The highest BCUT2D eigenvalue weighted by molar-refractivity contribution is 6.30. The number of carbonyl (C=O) groups is 2. The molecule has 2 aromatic carbocycles.